The lowest BCUT2D eigenvalue weighted by atomic mass is 9.57. The Morgan fingerprint density at radius 1 is 1.26 bits per heavy atom. The van der Waals surface area contributed by atoms with Crippen LogP contribution in [-0.2, 0) is 5.41 Å². The zero-order valence-electron chi connectivity index (χ0n) is 12.6. The lowest BCUT2D eigenvalue weighted by molar-refractivity contribution is 0.125. The second-order valence-electron chi connectivity index (χ2n) is 7.05. The summed E-state index contributed by atoms with van der Waals surface area (Å²) < 4.78 is 0. The van der Waals surface area contributed by atoms with E-state index in [1.54, 1.807) is 0 Å². The molecule has 1 nitrogen and oxygen atoms in total. The number of benzene rings is 1. The predicted molar refractivity (Wildman–Crippen MR) is 83.9 cm³/mol. The van der Waals surface area contributed by atoms with Crippen LogP contribution in [0.3, 0.4) is 0 Å². The third-order valence-electron chi connectivity index (χ3n) is 4.34. The molecule has 0 heterocycles. The SMILES string of the molecule is CCC1CC(CNC(C)(C)C)(c2ccccc2Cl)C1. The molecule has 1 aliphatic carbocycles. The molecule has 2 rings (SSSR count). The third kappa shape index (κ3) is 3.32. The number of hydrogen-bond acceptors (Lipinski definition) is 1. The Bertz CT molecular complexity index is 427. The number of halogens is 1. The average Bonchev–Trinajstić information content (AvgIpc) is 2.28. The molecular weight excluding hydrogens is 254 g/mol. The van der Waals surface area contributed by atoms with Gasteiger partial charge in [0.1, 0.15) is 0 Å². The fourth-order valence-corrected chi connectivity index (χ4v) is 3.46. The highest BCUT2D eigenvalue weighted by molar-refractivity contribution is 6.31. The van der Waals surface area contributed by atoms with Gasteiger partial charge in [0.2, 0.25) is 0 Å². The molecule has 1 aliphatic rings. The largest absolute Gasteiger partial charge is 0.311 e. The van der Waals surface area contributed by atoms with Crippen molar-refractivity contribution in [2.75, 3.05) is 6.54 Å². The average molecular weight is 280 g/mol. The van der Waals surface area contributed by atoms with Crippen LogP contribution in [0.2, 0.25) is 5.02 Å². The third-order valence-corrected chi connectivity index (χ3v) is 4.67. The Hall–Kier alpha value is -0.530. The molecule has 1 aromatic rings. The molecule has 0 saturated heterocycles. The summed E-state index contributed by atoms with van der Waals surface area (Å²) in [7, 11) is 0. The van der Waals surface area contributed by atoms with E-state index in [2.05, 4.69) is 45.1 Å². The molecule has 19 heavy (non-hydrogen) atoms. The molecule has 1 saturated carbocycles. The van der Waals surface area contributed by atoms with Gasteiger partial charge in [0.25, 0.3) is 0 Å². The van der Waals surface area contributed by atoms with Crippen molar-refractivity contribution < 1.29 is 0 Å². The molecule has 0 atom stereocenters. The van der Waals surface area contributed by atoms with Gasteiger partial charge in [-0.2, -0.15) is 0 Å². The van der Waals surface area contributed by atoms with E-state index in [9.17, 15) is 0 Å². The summed E-state index contributed by atoms with van der Waals surface area (Å²) in [6.45, 7) is 9.99. The monoisotopic (exact) mass is 279 g/mol. The first-order valence-electron chi connectivity index (χ1n) is 7.36. The summed E-state index contributed by atoms with van der Waals surface area (Å²) >= 11 is 6.43. The van der Waals surface area contributed by atoms with E-state index in [0.717, 1.165) is 17.5 Å². The maximum Gasteiger partial charge on any atom is 0.0444 e. The van der Waals surface area contributed by atoms with Crippen LogP contribution in [0.25, 0.3) is 0 Å². The first-order chi connectivity index (χ1) is 8.86. The molecule has 0 spiro atoms. The van der Waals surface area contributed by atoms with Crippen LogP contribution in [0.1, 0.15) is 52.5 Å². The van der Waals surface area contributed by atoms with Crippen LogP contribution in [0.5, 0.6) is 0 Å². The highest BCUT2D eigenvalue weighted by Crippen LogP contribution is 2.50. The molecule has 1 aromatic carbocycles. The van der Waals surface area contributed by atoms with Crippen molar-refractivity contribution in [3.63, 3.8) is 0 Å². The van der Waals surface area contributed by atoms with E-state index in [1.807, 2.05) is 12.1 Å². The summed E-state index contributed by atoms with van der Waals surface area (Å²) in [4.78, 5) is 0. The van der Waals surface area contributed by atoms with Crippen LogP contribution >= 0.6 is 11.6 Å². The highest BCUT2D eigenvalue weighted by Gasteiger charge is 2.45. The number of hydrogen-bond donors (Lipinski definition) is 1. The molecule has 2 heteroatoms. The Labute approximate surface area is 122 Å². The van der Waals surface area contributed by atoms with Gasteiger partial charge in [-0.05, 0) is 51.2 Å². The van der Waals surface area contributed by atoms with Gasteiger partial charge in [-0.15, -0.1) is 0 Å². The minimum absolute atomic E-state index is 0.158. The van der Waals surface area contributed by atoms with Crippen molar-refractivity contribution in [1.29, 1.82) is 0 Å². The molecule has 0 unspecified atom stereocenters. The minimum Gasteiger partial charge on any atom is -0.311 e. The first kappa shape index (κ1) is 14.9. The lowest BCUT2D eigenvalue weighted by Crippen LogP contribution is -2.52. The first-order valence-corrected chi connectivity index (χ1v) is 7.74. The van der Waals surface area contributed by atoms with Crippen molar-refractivity contribution in [3.05, 3.63) is 34.9 Å². The second-order valence-corrected chi connectivity index (χ2v) is 7.45. The maximum atomic E-state index is 6.43. The Morgan fingerprint density at radius 3 is 2.42 bits per heavy atom. The Kier molecular flexibility index (Phi) is 4.27. The normalized spacial score (nSPS) is 27.1. The van der Waals surface area contributed by atoms with Gasteiger partial charge < -0.3 is 5.32 Å². The summed E-state index contributed by atoms with van der Waals surface area (Å²) in [5.41, 5.74) is 1.73. The van der Waals surface area contributed by atoms with Gasteiger partial charge in [0.15, 0.2) is 0 Å². The zero-order valence-corrected chi connectivity index (χ0v) is 13.3. The van der Waals surface area contributed by atoms with Gasteiger partial charge in [0.05, 0.1) is 0 Å². The molecule has 0 bridgehead atoms. The summed E-state index contributed by atoms with van der Waals surface area (Å²) in [5.74, 6) is 0.859. The minimum atomic E-state index is 0.158. The fourth-order valence-electron chi connectivity index (χ4n) is 3.12. The van der Waals surface area contributed by atoms with E-state index in [1.165, 1.54) is 24.8 Å². The van der Waals surface area contributed by atoms with E-state index < -0.39 is 0 Å². The van der Waals surface area contributed by atoms with Crippen LogP contribution < -0.4 is 5.32 Å². The van der Waals surface area contributed by atoms with Gasteiger partial charge in [-0.1, -0.05) is 43.1 Å². The molecule has 1 fully saturated rings. The van der Waals surface area contributed by atoms with Crippen LogP contribution in [0.15, 0.2) is 24.3 Å². The van der Waals surface area contributed by atoms with Crippen LogP contribution in [-0.4, -0.2) is 12.1 Å². The van der Waals surface area contributed by atoms with E-state index in [4.69, 9.17) is 11.6 Å². The van der Waals surface area contributed by atoms with E-state index in [0.29, 0.717) is 0 Å². The molecule has 0 amide bonds. The number of nitrogens with one attached hydrogen (secondary N) is 1. The zero-order chi connectivity index (χ0) is 14.1. The Morgan fingerprint density at radius 2 is 1.89 bits per heavy atom. The van der Waals surface area contributed by atoms with Gasteiger partial charge in [0, 0.05) is 22.5 Å². The van der Waals surface area contributed by atoms with E-state index >= 15 is 0 Å². The van der Waals surface area contributed by atoms with Gasteiger partial charge in [-0.25, -0.2) is 0 Å². The summed E-state index contributed by atoms with van der Waals surface area (Å²) in [6.07, 6.45) is 3.80. The molecule has 1 N–H and O–H groups in total. The van der Waals surface area contributed by atoms with Crippen molar-refractivity contribution in [2.24, 2.45) is 5.92 Å². The van der Waals surface area contributed by atoms with Crippen molar-refractivity contribution in [1.82, 2.24) is 5.32 Å². The smallest absolute Gasteiger partial charge is 0.0444 e. The van der Waals surface area contributed by atoms with Gasteiger partial charge >= 0.3 is 0 Å². The molecule has 0 radical (unpaired) electrons. The summed E-state index contributed by atoms with van der Waals surface area (Å²) in [6, 6.07) is 8.36. The summed E-state index contributed by atoms with van der Waals surface area (Å²) in [5, 5.41) is 4.60. The van der Waals surface area contributed by atoms with Gasteiger partial charge in [-0.3, -0.25) is 0 Å². The highest BCUT2D eigenvalue weighted by atomic mass is 35.5. The Balaban J connectivity index is 2.20. The van der Waals surface area contributed by atoms with Crippen LogP contribution in [0, 0.1) is 5.92 Å². The fraction of sp³-hybridized carbons (Fsp3) is 0.647. The quantitative estimate of drug-likeness (QED) is 0.836. The van der Waals surface area contributed by atoms with Crippen molar-refractivity contribution in [2.45, 2.75) is 57.9 Å². The molecular formula is C17H26ClN. The maximum absolute atomic E-state index is 6.43. The van der Waals surface area contributed by atoms with E-state index in [-0.39, 0.29) is 11.0 Å². The number of rotatable bonds is 4. The topological polar surface area (TPSA) is 12.0 Å². The second kappa shape index (κ2) is 5.46. The van der Waals surface area contributed by atoms with Crippen molar-refractivity contribution >= 4 is 11.6 Å². The molecule has 0 aromatic heterocycles. The molecule has 0 aliphatic heterocycles. The molecule has 106 valence electrons. The van der Waals surface area contributed by atoms with Crippen molar-refractivity contribution in [3.8, 4) is 0 Å². The predicted octanol–water partition coefficient (Wildman–Crippen LogP) is 4.79. The lowest BCUT2D eigenvalue weighted by Gasteiger charge is -2.50. The van der Waals surface area contributed by atoms with Crippen LogP contribution in [0.4, 0.5) is 0 Å². The standard InChI is InChI=1S/C17H26ClN/c1-5-13-10-17(11-13,12-19-16(2,3)4)14-8-6-7-9-15(14)18/h6-9,13,19H,5,10-12H2,1-4H3.